The molecule has 0 aromatic heterocycles. The molecule has 2 heteroatoms. The average Bonchev–Trinajstić information content (AvgIpc) is 1.65. The molecule has 0 heterocycles. The van der Waals surface area contributed by atoms with Crippen molar-refractivity contribution in [3.8, 4) is 0 Å². The Bertz CT molecular complexity index is 88.1. The molecule has 37 valence electrons. The fraction of sp³-hybridized carbons (Fsp3) is 0.400. The number of hydrogen-bond acceptors (Lipinski definition) is 0. The van der Waals surface area contributed by atoms with Crippen molar-refractivity contribution >= 4 is 13.1 Å². The molecule has 0 fully saturated rings. The minimum absolute atomic E-state index is 0.843. The van der Waals surface area contributed by atoms with Gasteiger partial charge in [0.05, 0.1) is 0 Å². The van der Waals surface area contributed by atoms with Gasteiger partial charge in [-0.25, -0.2) is 0 Å². The standard InChI is InChI=1S/C5H9BN/c1-4-7(3)5(2)6/h4H,1H2,2-3H3/p+1. The van der Waals surface area contributed by atoms with E-state index in [0.717, 1.165) is 10.5 Å². The van der Waals surface area contributed by atoms with Crippen molar-refractivity contribution in [2.45, 2.75) is 6.92 Å². The fourth-order valence-corrected chi connectivity index (χ4v) is 0.161. The van der Waals surface area contributed by atoms with Gasteiger partial charge in [-0.1, -0.05) is 0 Å². The second kappa shape index (κ2) is 2.75. The first-order valence-electron chi connectivity index (χ1n) is 2.24. The summed E-state index contributed by atoms with van der Waals surface area (Å²) in [6, 6.07) is 0. The van der Waals surface area contributed by atoms with E-state index < -0.39 is 0 Å². The Morgan fingerprint density at radius 1 is 1.86 bits per heavy atom. The van der Waals surface area contributed by atoms with E-state index in [4.69, 9.17) is 7.49 Å². The molecule has 0 spiro atoms. The summed E-state index contributed by atoms with van der Waals surface area (Å²) in [6.07, 6.45) is 1.75. The second-order valence-electron chi connectivity index (χ2n) is 1.57. The number of hydrogen-bond donors (Lipinski definition) is 1. The van der Waals surface area contributed by atoms with Crippen molar-refractivity contribution < 1.29 is 4.90 Å². The SMILES string of the molecule is [B]=C(C)[NH+](C)C=C. The summed E-state index contributed by atoms with van der Waals surface area (Å²) >= 11 is 0. The quantitative estimate of drug-likeness (QED) is 0.418. The molecule has 0 saturated heterocycles. The summed E-state index contributed by atoms with van der Waals surface area (Å²) in [4.78, 5) is 1.06. The molecule has 0 aliphatic rings. The fourth-order valence-electron chi connectivity index (χ4n) is 0.161. The average molecular weight is 95.0 g/mol. The Kier molecular flexibility index (Phi) is 2.61. The van der Waals surface area contributed by atoms with E-state index in [9.17, 15) is 0 Å². The molecule has 0 saturated carbocycles. The third-order valence-corrected chi connectivity index (χ3v) is 0.928. The third-order valence-electron chi connectivity index (χ3n) is 0.928. The molecule has 7 heavy (non-hydrogen) atoms. The van der Waals surface area contributed by atoms with Crippen LogP contribution in [0.1, 0.15) is 6.92 Å². The summed E-state index contributed by atoms with van der Waals surface area (Å²) in [5, 5.41) is 0. The third kappa shape index (κ3) is 2.34. The van der Waals surface area contributed by atoms with Gasteiger partial charge < -0.3 is 0 Å². The molecule has 0 rings (SSSR count). The van der Waals surface area contributed by atoms with Crippen LogP contribution in [0, 0.1) is 0 Å². The van der Waals surface area contributed by atoms with Gasteiger partial charge in [0.15, 0.2) is 0 Å². The molecule has 0 amide bonds. The van der Waals surface area contributed by atoms with Crippen LogP contribution in [0.3, 0.4) is 0 Å². The Balaban J connectivity index is 3.55. The van der Waals surface area contributed by atoms with Gasteiger partial charge >= 0.3 is 44.7 Å². The van der Waals surface area contributed by atoms with Gasteiger partial charge in [-0.05, 0) is 0 Å². The summed E-state index contributed by atoms with van der Waals surface area (Å²) in [5.41, 5.74) is 0.843. The van der Waals surface area contributed by atoms with Crippen molar-refractivity contribution in [2.75, 3.05) is 7.05 Å². The maximum atomic E-state index is 5.35. The molecule has 0 bridgehead atoms. The first-order valence-corrected chi connectivity index (χ1v) is 2.24. The van der Waals surface area contributed by atoms with Crippen LogP contribution in [0.2, 0.25) is 0 Å². The van der Waals surface area contributed by atoms with Gasteiger partial charge in [-0.2, -0.15) is 0 Å². The zero-order valence-electron chi connectivity index (χ0n) is 4.86. The van der Waals surface area contributed by atoms with Crippen LogP contribution in [0.25, 0.3) is 0 Å². The summed E-state index contributed by atoms with van der Waals surface area (Å²) < 4.78 is 0. The van der Waals surface area contributed by atoms with E-state index in [0.29, 0.717) is 0 Å². The summed E-state index contributed by atoms with van der Waals surface area (Å²) in [6.45, 7) is 5.40. The minimum atomic E-state index is 0.843. The van der Waals surface area contributed by atoms with Gasteiger partial charge in [-0.3, -0.25) is 0 Å². The Morgan fingerprint density at radius 3 is 2.29 bits per heavy atom. The molecule has 0 aliphatic carbocycles. The van der Waals surface area contributed by atoms with Gasteiger partial charge in [0.25, 0.3) is 0 Å². The molecule has 0 aliphatic heterocycles. The number of quaternary nitrogens is 1. The predicted molar refractivity (Wildman–Crippen MR) is 33.5 cm³/mol. The zero-order chi connectivity index (χ0) is 5.86. The Morgan fingerprint density at radius 2 is 2.29 bits per heavy atom. The van der Waals surface area contributed by atoms with Crippen molar-refractivity contribution in [3.63, 3.8) is 0 Å². The molecule has 0 aromatic rings. The summed E-state index contributed by atoms with van der Waals surface area (Å²) in [7, 11) is 7.29. The monoisotopic (exact) mass is 95.1 g/mol. The van der Waals surface area contributed by atoms with E-state index in [2.05, 4.69) is 6.58 Å². The predicted octanol–water partition coefficient (Wildman–Crippen LogP) is -1.04. The van der Waals surface area contributed by atoms with Crippen molar-refractivity contribution in [3.05, 3.63) is 12.8 Å². The van der Waals surface area contributed by atoms with Gasteiger partial charge in [0.2, 0.25) is 0 Å². The van der Waals surface area contributed by atoms with Crippen LogP contribution >= 0.6 is 0 Å². The molecule has 1 radical (unpaired) electrons. The topological polar surface area (TPSA) is 4.44 Å². The van der Waals surface area contributed by atoms with Crippen LogP contribution in [0.4, 0.5) is 0 Å². The molecule has 1 nitrogen and oxygen atoms in total. The van der Waals surface area contributed by atoms with Crippen LogP contribution in [0.5, 0.6) is 0 Å². The van der Waals surface area contributed by atoms with Crippen LogP contribution in [-0.4, -0.2) is 20.1 Å². The maximum absolute atomic E-state index is 5.35. The molecule has 1 N–H and O–H groups in total. The van der Waals surface area contributed by atoms with E-state index >= 15 is 0 Å². The number of nitrogens with one attached hydrogen (secondary N) is 1. The number of rotatable bonds is 2. The van der Waals surface area contributed by atoms with E-state index in [1.165, 1.54) is 0 Å². The first-order chi connectivity index (χ1) is 3.18. The second-order valence-corrected chi connectivity index (χ2v) is 1.57. The van der Waals surface area contributed by atoms with Crippen LogP contribution < -0.4 is 4.90 Å². The van der Waals surface area contributed by atoms with Gasteiger partial charge in [-0.15, -0.1) is 0 Å². The molecule has 1 unspecified atom stereocenters. The summed E-state index contributed by atoms with van der Waals surface area (Å²) in [5.74, 6) is 0. The van der Waals surface area contributed by atoms with Crippen molar-refractivity contribution in [1.82, 2.24) is 0 Å². The van der Waals surface area contributed by atoms with Gasteiger partial charge in [0.1, 0.15) is 0 Å². The molecular formula is C5H10BN+. The molecule has 1 atom stereocenters. The Hall–Kier alpha value is -0.365. The van der Waals surface area contributed by atoms with E-state index in [1.807, 2.05) is 14.0 Å². The van der Waals surface area contributed by atoms with Crippen molar-refractivity contribution in [1.29, 1.82) is 0 Å². The Labute approximate surface area is 45.7 Å². The van der Waals surface area contributed by atoms with E-state index in [1.54, 1.807) is 6.20 Å². The molecular weight excluding hydrogens is 84.9 g/mol. The molecule has 0 aromatic carbocycles. The first kappa shape index (κ1) is 6.63. The van der Waals surface area contributed by atoms with Crippen LogP contribution in [0.15, 0.2) is 12.8 Å². The van der Waals surface area contributed by atoms with Gasteiger partial charge in [0, 0.05) is 0 Å². The van der Waals surface area contributed by atoms with Crippen molar-refractivity contribution in [2.24, 2.45) is 0 Å². The zero-order valence-corrected chi connectivity index (χ0v) is 4.86. The van der Waals surface area contributed by atoms with E-state index in [-0.39, 0.29) is 0 Å². The normalized spacial score (nSPS) is 12.7. The van der Waals surface area contributed by atoms with Crippen LogP contribution in [-0.2, 0) is 0 Å².